The molecule has 0 aliphatic heterocycles. The number of aryl methyl sites for hydroxylation is 2. The smallest absolute Gasteiger partial charge is 0.195 e. The predicted molar refractivity (Wildman–Crippen MR) is 65.4 cm³/mol. The van der Waals surface area contributed by atoms with Crippen LogP contribution in [-0.2, 0) is 12.8 Å². The summed E-state index contributed by atoms with van der Waals surface area (Å²) in [5.74, 6) is 0.800. The van der Waals surface area contributed by atoms with Crippen LogP contribution in [0, 0.1) is 0 Å². The van der Waals surface area contributed by atoms with E-state index in [0.29, 0.717) is 6.54 Å². The molecular formula is C13H18N2O. The Morgan fingerprint density at radius 2 is 2.19 bits per heavy atom. The molecule has 0 fully saturated rings. The highest BCUT2D eigenvalue weighted by molar-refractivity contribution is 5.73. The van der Waals surface area contributed by atoms with Gasteiger partial charge < -0.3 is 10.2 Å². The van der Waals surface area contributed by atoms with Crippen LogP contribution in [0.2, 0.25) is 0 Å². The zero-order valence-corrected chi connectivity index (χ0v) is 9.70. The largest absolute Gasteiger partial charge is 0.441 e. The molecule has 3 nitrogen and oxygen atoms in total. The van der Waals surface area contributed by atoms with Gasteiger partial charge in [-0.3, -0.25) is 0 Å². The Kier molecular flexibility index (Phi) is 3.57. The number of hydrogen-bond acceptors (Lipinski definition) is 3. The van der Waals surface area contributed by atoms with Gasteiger partial charge in [0.2, 0.25) is 0 Å². The van der Waals surface area contributed by atoms with Gasteiger partial charge >= 0.3 is 0 Å². The highest BCUT2D eigenvalue weighted by atomic mass is 16.3. The van der Waals surface area contributed by atoms with Gasteiger partial charge in [0, 0.05) is 6.42 Å². The van der Waals surface area contributed by atoms with Gasteiger partial charge in [0.05, 0.1) is 0 Å². The second kappa shape index (κ2) is 5.12. The van der Waals surface area contributed by atoms with Crippen molar-refractivity contribution in [3.8, 4) is 0 Å². The molecule has 0 amide bonds. The van der Waals surface area contributed by atoms with Crippen molar-refractivity contribution >= 4 is 11.1 Å². The van der Waals surface area contributed by atoms with Crippen LogP contribution >= 0.6 is 0 Å². The maximum absolute atomic E-state index is 5.64. The summed E-state index contributed by atoms with van der Waals surface area (Å²) in [6, 6.07) is 6.25. The first-order chi connectivity index (χ1) is 7.83. The van der Waals surface area contributed by atoms with Gasteiger partial charge in [-0.05, 0) is 37.1 Å². The number of nitrogens with zero attached hydrogens (tertiary/aromatic N) is 1. The number of nitrogens with two attached hydrogens (primary N) is 1. The molecular weight excluding hydrogens is 200 g/mol. The van der Waals surface area contributed by atoms with E-state index in [0.717, 1.165) is 42.7 Å². The summed E-state index contributed by atoms with van der Waals surface area (Å²) in [6.45, 7) is 2.86. The molecule has 0 spiro atoms. The number of rotatable bonds is 5. The minimum Gasteiger partial charge on any atom is -0.441 e. The molecule has 0 aliphatic carbocycles. The van der Waals surface area contributed by atoms with Crippen LogP contribution in [0.4, 0.5) is 0 Å². The van der Waals surface area contributed by atoms with E-state index < -0.39 is 0 Å². The lowest BCUT2D eigenvalue weighted by Crippen LogP contribution is -2.00. The monoisotopic (exact) mass is 218 g/mol. The Morgan fingerprint density at radius 1 is 1.31 bits per heavy atom. The summed E-state index contributed by atoms with van der Waals surface area (Å²) in [5.41, 5.74) is 8.64. The maximum Gasteiger partial charge on any atom is 0.195 e. The van der Waals surface area contributed by atoms with Crippen molar-refractivity contribution in [2.75, 3.05) is 6.54 Å². The first-order valence-electron chi connectivity index (χ1n) is 5.92. The lowest BCUT2D eigenvalue weighted by molar-refractivity contribution is 0.521. The molecule has 3 heteroatoms. The molecule has 0 unspecified atom stereocenters. The van der Waals surface area contributed by atoms with E-state index in [1.807, 2.05) is 6.07 Å². The number of hydrogen-bond donors (Lipinski definition) is 1. The molecule has 0 saturated heterocycles. The van der Waals surface area contributed by atoms with Gasteiger partial charge in [0.25, 0.3) is 0 Å². The Balaban J connectivity index is 2.23. The first kappa shape index (κ1) is 11.1. The second-order valence-electron chi connectivity index (χ2n) is 4.05. The van der Waals surface area contributed by atoms with Crippen molar-refractivity contribution in [3.63, 3.8) is 0 Å². The summed E-state index contributed by atoms with van der Waals surface area (Å²) in [5, 5.41) is 0. The molecule has 0 radical (unpaired) electrons. The van der Waals surface area contributed by atoms with E-state index in [1.54, 1.807) is 0 Å². The molecule has 2 rings (SSSR count). The zero-order valence-electron chi connectivity index (χ0n) is 9.70. The van der Waals surface area contributed by atoms with Gasteiger partial charge in [0.1, 0.15) is 5.52 Å². The molecule has 16 heavy (non-hydrogen) atoms. The summed E-state index contributed by atoms with van der Waals surface area (Å²) in [4.78, 5) is 4.47. The van der Waals surface area contributed by atoms with E-state index in [4.69, 9.17) is 10.2 Å². The standard InChI is InChI=1S/C13H18N2O/c1-2-4-10-6-7-12-11(9-10)15-13(16-12)5-3-8-14/h6-7,9H,2-5,8,14H2,1H3. The number of oxazole rings is 1. The van der Waals surface area contributed by atoms with Crippen LogP contribution in [0.25, 0.3) is 11.1 Å². The molecule has 86 valence electrons. The molecule has 0 saturated carbocycles. The van der Waals surface area contributed by atoms with E-state index in [1.165, 1.54) is 5.56 Å². The van der Waals surface area contributed by atoms with Gasteiger partial charge in [-0.15, -0.1) is 0 Å². The SMILES string of the molecule is CCCc1ccc2oc(CCCN)nc2c1. The molecule has 0 atom stereocenters. The Labute approximate surface area is 95.7 Å². The van der Waals surface area contributed by atoms with Crippen LogP contribution in [0.1, 0.15) is 31.2 Å². The van der Waals surface area contributed by atoms with Crippen molar-refractivity contribution in [3.05, 3.63) is 29.7 Å². The molecule has 2 N–H and O–H groups in total. The predicted octanol–water partition coefficient (Wildman–Crippen LogP) is 2.67. The zero-order chi connectivity index (χ0) is 11.4. The third-order valence-corrected chi connectivity index (χ3v) is 2.63. The van der Waals surface area contributed by atoms with Crippen molar-refractivity contribution in [1.29, 1.82) is 0 Å². The van der Waals surface area contributed by atoms with Gasteiger partial charge in [0.15, 0.2) is 11.5 Å². The first-order valence-corrected chi connectivity index (χ1v) is 5.92. The fourth-order valence-corrected chi connectivity index (χ4v) is 1.83. The summed E-state index contributed by atoms with van der Waals surface area (Å²) in [6.07, 6.45) is 4.01. The van der Waals surface area contributed by atoms with E-state index in [2.05, 4.69) is 24.0 Å². The second-order valence-corrected chi connectivity index (χ2v) is 4.05. The van der Waals surface area contributed by atoms with Crippen molar-refractivity contribution in [2.45, 2.75) is 32.6 Å². The van der Waals surface area contributed by atoms with E-state index in [-0.39, 0.29) is 0 Å². The summed E-state index contributed by atoms with van der Waals surface area (Å²) >= 11 is 0. The topological polar surface area (TPSA) is 52.0 Å². The highest BCUT2D eigenvalue weighted by Gasteiger charge is 2.05. The van der Waals surface area contributed by atoms with Crippen molar-refractivity contribution in [2.24, 2.45) is 5.73 Å². The average Bonchev–Trinajstić information content (AvgIpc) is 2.68. The van der Waals surface area contributed by atoms with Crippen LogP contribution in [0.15, 0.2) is 22.6 Å². The minimum atomic E-state index is 0.680. The lowest BCUT2D eigenvalue weighted by atomic mass is 10.1. The van der Waals surface area contributed by atoms with Gasteiger partial charge in [-0.1, -0.05) is 19.4 Å². The Bertz CT molecular complexity index is 462. The number of benzene rings is 1. The van der Waals surface area contributed by atoms with Crippen LogP contribution in [0.5, 0.6) is 0 Å². The molecule has 1 aromatic carbocycles. The van der Waals surface area contributed by atoms with Crippen LogP contribution < -0.4 is 5.73 Å². The summed E-state index contributed by atoms with van der Waals surface area (Å²) < 4.78 is 5.64. The van der Waals surface area contributed by atoms with Gasteiger partial charge in [-0.2, -0.15) is 0 Å². The summed E-state index contributed by atoms with van der Waals surface area (Å²) in [7, 11) is 0. The average molecular weight is 218 g/mol. The maximum atomic E-state index is 5.64. The fraction of sp³-hybridized carbons (Fsp3) is 0.462. The Hall–Kier alpha value is -1.35. The van der Waals surface area contributed by atoms with Crippen molar-refractivity contribution < 1.29 is 4.42 Å². The number of fused-ring (bicyclic) bond motifs is 1. The third-order valence-electron chi connectivity index (χ3n) is 2.63. The highest BCUT2D eigenvalue weighted by Crippen LogP contribution is 2.18. The fourth-order valence-electron chi connectivity index (χ4n) is 1.83. The number of aromatic nitrogens is 1. The van der Waals surface area contributed by atoms with Crippen LogP contribution in [0.3, 0.4) is 0 Å². The molecule has 1 aromatic heterocycles. The van der Waals surface area contributed by atoms with E-state index in [9.17, 15) is 0 Å². The molecule has 1 heterocycles. The van der Waals surface area contributed by atoms with E-state index >= 15 is 0 Å². The Morgan fingerprint density at radius 3 is 2.94 bits per heavy atom. The minimum absolute atomic E-state index is 0.680. The van der Waals surface area contributed by atoms with Crippen LogP contribution in [-0.4, -0.2) is 11.5 Å². The lowest BCUT2D eigenvalue weighted by Gasteiger charge is -1.95. The molecule has 0 bridgehead atoms. The molecule has 0 aliphatic rings. The molecule has 2 aromatic rings. The quantitative estimate of drug-likeness (QED) is 0.839. The normalized spacial score (nSPS) is 11.1. The van der Waals surface area contributed by atoms with Crippen molar-refractivity contribution in [1.82, 2.24) is 4.98 Å². The van der Waals surface area contributed by atoms with Gasteiger partial charge in [-0.25, -0.2) is 4.98 Å². The third kappa shape index (κ3) is 2.42.